The SMILES string of the molecule is COc1cc2nccc(Oc3ccc(NC(=O)C(=O)N[C@H]4CCc5ccccc5C4)cc3F)c2cc1OC. The average Bonchev–Trinajstić information content (AvgIpc) is 2.93. The van der Waals surface area contributed by atoms with E-state index in [1.165, 1.54) is 37.5 Å². The molecule has 0 saturated carbocycles. The lowest BCUT2D eigenvalue weighted by Crippen LogP contribution is -2.44. The second kappa shape index (κ2) is 10.8. The summed E-state index contributed by atoms with van der Waals surface area (Å²) in [6.45, 7) is 0. The second-order valence-electron chi connectivity index (χ2n) is 8.92. The molecule has 4 aromatic rings. The monoisotopic (exact) mass is 515 g/mol. The van der Waals surface area contributed by atoms with E-state index in [9.17, 15) is 14.0 Å². The summed E-state index contributed by atoms with van der Waals surface area (Å²) in [6, 6.07) is 16.9. The number of aromatic nitrogens is 1. The van der Waals surface area contributed by atoms with Crippen LogP contribution in [-0.2, 0) is 22.4 Å². The van der Waals surface area contributed by atoms with Crippen molar-refractivity contribution in [1.29, 1.82) is 0 Å². The maximum Gasteiger partial charge on any atom is 0.313 e. The summed E-state index contributed by atoms with van der Waals surface area (Å²) < 4.78 is 31.4. The largest absolute Gasteiger partial charge is 0.493 e. The molecular formula is C29H26FN3O5. The number of pyridine rings is 1. The first kappa shape index (κ1) is 25.0. The van der Waals surface area contributed by atoms with Gasteiger partial charge in [0.05, 0.1) is 19.7 Å². The summed E-state index contributed by atoms with van der Waals surface area (Å²) >= 11 is 0. The molecule has 1 aliphatic rings. The quantitative estimate of drug-likeness (QED) is 0.358. The molecule has 0 spiro atoms. The van der Waals surface area contributed by atoms with Gasteiger partial charge in [-0.15, -0.1) is 0 Å². The molecule has 194 valence electrons. The number of rotatable bonds is 6. The molecule has 2 N–H and O–H groups in total. The Hall–Kier alpha value is -4.66. The number of fused-ring (bicyclic) bond motifs is 2. The van der Waals surface area contributed by atoms with Crippen LogP contribution in [0.1, 0.15) is 17.5 Å². The Kier molecular flexibility index (Phi) is 7.08. The van der Waals surface area contributed by atoms with Gasteiger partial charge in [0, 0.05) is 35.4 Å². The van der Waals surface area contributed by atoms with Gasteiger partial charge >= 0.3 is 11.8 Å². The predicted molar refractivity (Wildman–Crippen MR) is 140 cm³/mol. The van der Waals surface area contributed by atoms with E-state index in [0.717, 1.165) is 18.9 Å². The lowest BCUT2D eigenvalue weighted by Gasteiger charge is -2.25. The van der Waals surface area contributed by atoms with E-state index in [2.05, 4.69) is 21.7 Å². The van der Waals surface area contributed by atoms with E-state index in [0.29, 0.717) is 34.6 Å². The molecule has 1 aromatic heterocycles. The standard InChI is InChI=1S/C29H26FN3O5/c1-36-26-15-21-23(16-27(26)37-2)31-12-11-24(21)38-25-10-9-20(14-22(25)30)33-29(35)28(34)32-19-8-7-17-5-3-4-6-18(17)13-19/h3-6,9-12,14-16,19H,7-8,13H2,1-2H3,(H,32,34)(H,33,35)/t19-/m0/s1. The number of carbonyl (C=O) groups is 2. The molecule has 8 nitrogen and oxygen atoms in total. The van der Waals surface area contributed by atoms with Crippen LogP contribution in [0, 0.1) is 5.82 Å². The molecule has 2 amide bonds. The first-order valence-corrected chi connectivity index (χ1v) is 12.1. The number of nitrogens with one attached hydrogen (secondary N) is 2. The van der Waals surface area contributed by atoms with Gasteiger partial charge in [0.1, 0.15) is 5.75 Å². The van der Waals surface area contributed by atoms with Crippen LogP contribution >= 0.6 is 0 Å². The van der Waals surface area contributed by atoms with Gasteiger partial charge in [-0.3, -0.25) is 14.6 Å². The molecule has 0 aliphatic heterocycles. The molecule has 1 heterocycles. The summed E-state index contributed by atoms with van der Waals surface area (Å²) in [6.07, 6.45) is 3.79. The highest BCUT2D eigenvalue weighted by Gasteiger charge is 2.23. The fraction of sp³-hybridized carbons (Fsp3) is 0.207. The van der Waals surface area contributed by atoms with Gasteiger partial charge in [-0.2, -0.15) is 0 Å². The molecule has 1 atom stereocenters. The number of methoxy groups -OCH3 is 2. The molecule has 0 radical (unpaired) electrons. The number of aryl methyl sites for hydroxylation is 1. The number of halogens is 1. The maximum absolute atomic E-state index is 14.9. The number of hydrogen-bond acceptors (Lipinski definition) is 6. The second-order valence-corrected chi connectivity index (χ2v) is 8.92. The van der Waals surface area contributed by atoms with Crippen molar-refractivity contribution in [2.24, 2.45) is 0 Å². The van der Waals surface area contributed by atoms with Crippen LogP contribution in [0.4, 0.5) is 10.1 Å². The van der Waals surface area contributed by atoms with Gasteiger partial charge in [0.25, 0.3) is 0 Å². The van der Waals surface area contributed by atoms with Crippen molar-refractivity contribution in [1.82, 2.24) is 10.3 Å². The van der Waals surface area contributed by atoms with E-state index in [1.54, 1.807) is 24.4 Å². The Labute approximate surface area is 218 Å². The van der Waals surface area contributed by atoms with E-state index in [4.69, 9.17) is 14.2 Å². The molecule has 5 rings (SSSR count). The van der Waals surface area contributed by atoms with Crippen LogP contribution in [0.2, 0.25) is 0 Å². The minimum Gasteiger partial charge on any atom is -0.493 e. The highest BCUT2D eigenvalue weighted by Crippen LogP contribution is 2.37. The van der Waals surface area contributed by atoms with Crippen molar-refractivity contribution >= 4 is 28.4 Å². The first-order chi connectivity index (χ1) is 18.4. The van der Waals surface area contributed by atoms with Crippen LogP contribution in [0.5, 0.6) is 23.0 Å². The lowest BCUT2D eigenvalue weighted by molar-refractivity contribution is -0.136. The smallest absolute Gasteiger partial charge is 0.313 e. The third-order valence-electron chi connectivity index (χ3n) is 6.50. The maximum atomic E-state index is 14.9. The third-order valence-corrected chi connectivity index (χ3v) is 6.50. The number of ether oxygens (including phenoxy) is 3. The summed E-state index contributed by atoms with van der Waals surface area (Å²) in [5.74, 6) is -1.05. The molecular weight excluding hydrogens is 489 g/mol. The van der Waals surface area contributed by atoms with Crippen molar-refractivity contribution in [2.45, 2.75) is 25.3 Å². The summed E-state index contributed by atoms with van der Waals surface area (Å²) in [5, 5.41) is 5.83. The number of benzene rings is 3. The fourth-order valence-electron chi connectivity index (χ4n) is 4.58. The number of nitrogens with zero attached hydrogens (tertiary/aromatic N) is 1. The number of hydrogen-bond donors (Lipinski definition) is 2. The number of carbonyl (C=O) groups excluding carboxylic acids is 2. The first-order valence-electron chi connectivity index (χ1n) is 12.1. The van der Waals surface area contributed by atoms with Crippen LogP contribution in [-0.4, -0.2) is 37.1 Å². The van der Waals surface area contributed by atoms with E-state index < -0.39 is 17.6 Å². The Morgan fingerprint density at radius 2 is 1.66 bits per heavy atom. The topological polar surface area (TPSA) is 98.8 Å². The summed E-state index contributed by atoms with van der Waals surface area (Å²) in [5.41, 5.74) is 3.15. The zero-order valence-electron chi connectivity index (χ0n) is 20.9. The van der Waals surface area contributed by atoms with E-state index >= 15 is 0 Å². The minimum absolute atomic E-state index is 0.0596. The fourth-order valence-corrected chi connectivity index (χ4v) is 4.58. The van der Waals surface area contributed by atoms with E-state index in [-0.39, 0.29) is 17.5 Å². The van der Waals surface area contributed by atoms with Crippen molar-refractivity contribution < 1.29 is 28.2 Å². The molecule has 0 unspecified atom stereocenters. The average molecular weight is 516 g/mol. The molecule has 0 saturated heterocycles. The van der Waals surface area contributed by atoms with E-state index in [1.807, 2.05) is 18.2 Å². The molecule has 38 heavy (non-hydrogen) atoms. The molecule has 0 fully saturated rings. The summed E-state index contributed by atoms with van der Waals surface area (Å²) in [4.78, 5) is 29.3. The minimum atomic E-state index is -0.863. The lowest BCUT2D eigenvalue weighted by atomic mass is 9.88. The molecule has 3 aromatic carbocycles. The van der Waals surface area contributed by atoms with Crippen LogP contribution in [0.15, 0.2) is 66.9 Å². The molecule has 9 heteroatoms. The Morgan fingerprint density at radius 1 is 0.895 bits per heavy atom. The van der Waals surface area contributed by atoms with Crippen LogP contribution < -0.4 is 24.8 Å². The third kappa shape index (κ3) is 5.22. The van der Waals surface area contributed by atoms with Crippen LogP contribution in [0.25, 0.3) is 10.9 Å². The Morgan fingerprint density at radius 3 is 2.42 bits per heavy atom. The van der Waals surface area contributed by atoms with Gasteiger partial charge in [0.2, 0.25) is 0 Å². The highest BCUT2D eigenvalue weighted by atomic mass is 19.1. The van der Waals surface area contributed by atoms with Crippen molar-refractivity contribution in [3.05, 3.63) is 83.8 Å². The van der Waals surface area contributed by atoms with Gasteiger partial charge in [0.15, 0.2) is 23.1 Å². The van der Waals surface area contributed by atoms with Gasteiger partial charge in [-0.1, -0.05) is 24.3 Å². The van der Waals surface area contributed by atoms with Crippen molar-refractivity contribution in [3.8, 4) is 23.0 Å². The number of amides is 2. The van der Waals surface area contributed by atoms with Crippen molar-refractivity contribution in [3.63, 3.8) is 0 Å². The van der Waals surface area contributed by atoms with Crippen molar-refractivity contribution in [2.75, 3.05) is 19.5 Å². The highest BCUT2D eigenvalue weighted by molar-refractivity contribution is 6.39. The predicted octanol–water partition coefficient (Wildman–Crippen LogP) is 4.80. The zero-order valence-corrected chi connectivity index (χ0v) is 20.9. The summed E-state index contributed by atoms with van der Waals surface area (Å²) in [7, 11) is 3.04. The Bertz CT molecular complexity index is 1520. The normalized spacial score (nSPS) is 14.3. The number of anilines is 1. The van der Waals surface area contributed by atoms with Gasteiger partial charge < -0.3 is 24.8 Å². The Balaban J connectivity index is 1.25. The van der Waals surface area contributed by atoms with Crippen LogP contribution in [0.3, 0.4) is 0 Å². The zero-order chi connectivity index (χ0) is 26.6. The van der Waals surface area contributed by atoms with Gasteiger partial charge in [-0.25, -0.2) is 4.39 Å². The van der Waals surface area contributed by atoms with Gasteiger partial charge in [-0.05, 0) is 54.7 Å². The molecule has 1 aliphatic carbocycles. The molecule has 0 bridgehead atoms.